The van der Waals surface area contributed by atoms with Gasteiger partial charge in [-0.2, -0.15) is 0 Å². The molecule has 0 aliphatic carbocycles. The molecule has 1 aromatic heterocycles. The monoisotopic (exact) mass is 361 g/mol. The van der Waals surface area contributed by atoms with Gasteiger partial charge in [-0.05, 0) is 67.4 Å². The van der Waals surface area contributed by atoms with Crippen molar-refractivity contribution in [3.05, 3.63) is 83.0 Å². The molecule has 2 amide bonds. The Balaban J connectivity index is 1.82. The third kappa shape index (κ3) is 4.12. The van der Waals surface area contributed by atoms with Gasteiger partial charge in [-0.1, -0.05) is 12.1 Å². The van der Waals surface area contributed by atoms with E-state index in [1.54, 1.807) is 18.3 Å². The van der Waals surface area contributed by atoms with E-state index in [-0.39, 0.29) is 5.91 Å². The van der Waals surface area contributed by atoms with E-state index in [0.717, 1.165) is 11.1 Å². The maximum atomic E-state index is 12.5. The number of nitrogens with two attached hydrogens (primary N) is 1. The smallest absolute Gasteiger partial charge is 0.255 e. The lowest BCUT2D eigenvalue weighted by atomic mass is 10.1. The number of primary amides is 1. The summed E-state index contributed by atoms with van der Waals surface area (Å²) in [5.41, 5.74) is 8.49. The fraction of sp³-hybridized carbons (Fsp3) is 0.0952. The molecule has 0 bridgehead atoms. The largest absolute Gasteiger partial charge is 0.437 e. The predicted octanol–water partition coefficient (Wildman–Crippen LogP) is 3.84. The molecule has 0 saturated carbocycles. The van der Waals surface area contributed by atoms with Gasteiger partial charge >= 0.3 is 0 Å². The lowest BCUT2D eigenvalue weighted by Gasteiger charge is -2.13. The third-order valence-corrected chi connectivity index (χ3v) is 4.21. The molecule has 3 rings (SSSR count). The number of aromatic nitrogens is 1. The van der Waals surface area contributed by atoms with E-state index < -0.39 is 5.91 Å². The van der Waals surface area contributed by atoms with Gasteiger partial charge in [0.15, 0.2) is 0 Å². The highest BCUT2D eigenvalue weighted by Crippen LogP contribution is 2.30. The van der Waals surface area contributed by atoms with Crippen LogP contribution in [0, 0.1) is 13.8 Å². The highest BCUT2D eigenvalue weighted by atomic mass is 16.5. The summed E-state index contributed by atoms with van der Waals surface area (Å²) in [5.74, 6) is 0.0894. The van der Waals surface area contributed by atoms with Gasteiger partial charge in [0.05, 0.1) is 0 Å². The van der Waals surface area contributed by atoms with Crippen LogP contribution in [-0.2, 0) is 0 Å². The molecule has 6 nitrogen and oxygen atoms in total. The Morgan fingerprint density at radius 2 is 1.67 bits per heavy atom. The summed E-state index contributed by atoms with van der Waals surface area (Å²) in [6, 6.07) is 15.3. The number of benzene rings is 2. The fourth-order valence-corrected chi connectivity index (χ4v) is 2.49. The van der Waals surface area contributed by atoms with Crippen molar-refractivity contribution in [1.82, 2.24) is 4.98 Å². The van der Waals surface area contributed by atoms with Gasteiger partial charge in [-0.3, -0.25) is 9.59 Å². The van der Waals surface area contributed by atoms with Gasteiger partial charge in [-0.25, -0.2) is 4.98 Å². The van der Waals surface area contributed by atoms with Crippen LogP contribution < -0.4 is 15.8 Å². The van der Waals surface area contributed by atoms with E-state index in [1.165, 1.54) is 24.3 Å². The Kier molecular flexibility index (Phi) is 5.17. The maximum absolute atomic E-state index is 12.5. The van der Waals surface area contributed by atoms with Crippen molar-refractivity contribution in [2.45, 2.75) is 13.8 Å². The van der Waals surface area contributed by atoms with Crippen molar-refractivity contribution in [2.24, 2.45) is 5.73 Å². The molecule has 3 N–H and O–H groups in total. The summed E-state index contributed by atoms with van der Waals surface area (Å²) < 4.78 is 5.92. The van der Waals surface area contributed by atoms with E-state index in [1.807, 2.05) is 32.0 Å². The average molecular weight is 361 g/mol. The SMILES string of the molecule is Cc1cccc(Oc2ncccc2NC(=O)c2ccc(C(N)=O)cc2)c1C. The number of nitrogens with one attached hydrogen (secondary N) is 1. The Labute approximate surface area is 157 Å². The van der Waals surface area contributed by atoms with E-state index in [2.05, 4.69) is 10.3 Å². The number of ether oxygens (including phenoxy) is 1. The van der Waals surface area contributed by atoms with Gasteiger partial charge in [0.1, 0.15) is 11.4 Å². The molecule has 0 radical (unpaired) electrons. The van der Waals surface area contributed by atoms with Gasteiger partial charge in [0.25, 0.3) is 5.91 Å². The van der Waals surface area contributed by atoms with E-state index in [9.17, 15) is 9.59 Å². The second kappa shape index (κ2) is 7.70. The first-order chi connectivity index (χ1) is 13.0. The predicted molar refractivity (Wildman–Crippen MR) is 103 cm³/mol. The number of amides is 2. The molecular weight excluding hydrogens is 342 g/mol. The zero-order chi connectivity index (χ0) is 19.4. The Hall–Kier alpha value is -3.67. The summed E-state index contributed by atoms with van der Waals surface area (Å²) in [6.45, 7) is 3.96. The zero-order valence-electron chi connectivity index (χ0n) is 15.0. The molecule has 6 heteroatoms. The molecule has 0 saturated heterocycles. The van der Waals surface area contributed by atoms with Crippen LogP contribution in [-0.4, -0.2) is 16.8 Å². The number of rotatable bonds is 5. The minimum Gasteiger partial charge on any atom is -0.437 e. The third-order valence-electron chi connectivity index (χ3n) is 4.21. The first-order valence-corrected chi connectivity index (χ1v) is 8.36. The minimum absolute atomic E-state index is 0.299. The number of aryl methyl sites for hydroxylation is 1. The second-order valence-corrected chi connectivity index (χ2v) is 6.05. The highest BCUT2D eigenvalue weighted by molar-refractivity contribution is 6.05. The number of hydrogen-bond donors (Lipinski definition) is 2. The highest BCUT2D eigenvalue weighted by Gasteiger charge is 2.13. The van der Waals surface area contributed by atoms with Crippen molar-refractivity contribution >= 4 is 17.5 Å². The standard InChI is InChI=1S/C21H19N3O3/c1-13-5-3-7-18(14(13)2)27-21-17(6-4-12-23-21)24-20(26)16-10-8-15(9-11-16)19(22)25/h3-12H,1-2H3,(H2,22,25)(H,24,26). The first-order valence-electron chi connectivity index (χ1n) is 8.36. The number of carbonyl (C=O) groups is 2. The van der Waals surface area contributed by atoms with Crippen molar-refractivity contribution < 1.29 is 14.3 Å². The normalized spacial score (nSPS) is 10.3. The number of anilines is 1. The molecule has 2 aromatic carbocycles. The Morgan fingerprint density at radius 1 is 0.963 bits per heavy atom. The van der Waals surface area contributed by atoms with Crippen LogP contribution >= 0.6 is 0 Å². The molecule has 1 heterocycles. The molecule has 27 heavy (non-hydrogen) atoms. The van der Waals surface area contributed by atoms with Crippen LogP contribution in [0.15, 0.2) is 60.8 Å². The van der Waals surface area contributed by atoms with Crippen LogP contribution in [0.4, 0.5) is 5.69 Å². The van der Waals surface area contributed by atoms with E-state index in [4.69, 9.17) is 10.5 Å². The van der Waals surface area contributed by atoms with Gasteiger partial charge < -0.3 is 15.8 Å². The van der Waals surface area contributed by atoms with Crippen LogP contribution in [0.5, 0.6) is 11.6 Å². The molecule has 0 spiro atoms. The maximum Gasteiger partial charge on any atom is 0.255 e. The average Bonchev–Trinajstić information content (AvgIpc) is 2.67. The molecule has 3 aromatic rings. The van der Waals surface area contributed by atoms with Crippen molar-refractivity contribution in [3.63, 3.8) is 0 Å². The van der Waals surface area contributed by atoms with Gasteiger partial charge in [0, 0.05) is 17.3 Å². The summed E-state index contributed by atoms with van der Waals surface area (Å²) in [6.07, 6.45) is 1.60. The summed E-state index contributed by atoms with van der Waals surface area (Å²) in [4.78, 5) is 27.9. The molecule has 0 fully saturated rings. The van der Waals surface area contributed by atoms with Crippen LogP contribution in [0.3, 0.4) is 0 Å². The number of pyridine rings is 1. The van der Waals surface area contributed by atoms with Crippen LogP contribution in [0.2, 0.25) is 0 Å². The molecular formula is C21H19N3O3. The van der Waals surface area contributed by atoms with Crippen molar-refractivity contribution in [2.75, 3.05) is 5.32 Å². The number of carbonyl (C=O) groups excluding carboxylic acids is 2. The zero-order valence-corrected chi connectivity index (χ0v) is 15.0. The Bertz CT molecular complexity index is 998. The molecule has 136 valence electrons. The molecule has 0 aliphatic rings. The second-order valence-electron chi connectivity index (χ2n) is 6.05. The summed E-state index contributed by atoms with van der Waals surface area (Å²) in [5, 5.41) is 2.79. The van der Waals surface area contributed by atoms with Gasteiger partial charge in [-0.15, -0.1) is 0 Å². The lowest BCUT2D eigenvalue weighted by Crippen LogP contribution is -2.14. The van der Waals surface area contributed by atoms with E-state index >= 15 is 0 Å². The molecule has 0 unspecified atom stereocenters. The first kappa shape index (κ1) is 18.1. The Morgan fingerprint density at radius 3 is 2.37 bits per heavy atom. The molecule has 0 aliphatic heterocycles. The topological polar surface area (TPSA) is 94.3 Å². The summed E-state index contributed by atoms with van der Waals surface area (Å²) >= 11 is 0. The molecule has 0 atom stereocenters. The van der Waals surface area contributed by atoms with Gasteiger partial charge in [0.2, 0.25) is 11.8 Å². The lowest BCUT2D eigenvalue weighted by molar-refractivity contribution is 0.0995. The van der Waals surface area contributed by atoms with Crippen LogP contribution in [0.25, 0.3) is 0 Å². The van der Waals surface area contributed by atoms with Crippen molar-refractivity contribution in [3.8, 4) is 11.6 Å². The van der Waals surface area contributed by atoms with E-state index in [0.29, 0.717) is 28.4 Å². The van der Waals surface area contributed by atoms with Crippen molar-refractivity contribution in [1.29, 1.82) is 0 Å². The number of nitrogens with zero attached hydrogens (tertiary/aromatic N) is 1. The minimum atomic E-state index is -0.543. The van der Waals surface area contributed by atoms with Crippen LogP contribution in [0.1, 0.15) is 31.8 Å². The number of hydrogen-bond acceptors (Lipinski definition) is 4. The summed E-state index contributed by atoms with van der Waals surface area (Å²) in [7, 11) is 0. The fourth-order valence-electron chi connectivity index (χ4n) is 2.49. The quantitative estimate of drug-likeness (QED) is 0.722.